The zero-order chi connectivity index (χ0) is 25.9. The number of anilines is 1. The molecule has 3 N–H and O–H groups in total. The van der Waals surface area contributed by atoms with Crippen molar-refractivity contribution in [3.8, 4) is 5.88 Å². The van der Waals surface area contributed by atoms with Gasteiger partial charge in [0.15, 0.2) is 17.1 Å². The van der Waals surface area contributed by atoms with Crippen LogP contribution < -0.4 is 9.46 Å². The molecule has 0 saturated heterocycles. The maximum Gasteiger partial charge on any atom is 0.436 e. The van der Waals surface area contributed by atoms with Gasteiger partial charge in [0.1, 0.15) is 10.6 Å². The molecule has 0 radical (unpaired) electrons. The van der Waals surface area contributed by atoms with Crippen LogP contribution in [0, 0.1) is 5.82 Å². The Bertz CT molecular complexity index is 1210. The van der Waals surface area contributed by atoms with Crippen molar-refractivity contribution in [1.29, 1.82) is 0 Å². The van der Waals surface area contributed by atoms with Crippen LogP contribution in [0.3, 0.4) is 0 Å². The molecule has 0 fully saturated rings. The molecule has 172 valence electrons. The summed E-state index contributed by atoms with van der Waals surface area (Å²) in [7, 11) is -8.22. The third kappa shape index (κ3) is 4.15. The van der Waals surface area contributed by atoms with Crippen LogP contribution in [0.4, 0.5) is 36.4 Å². The number of alkyl halides is 6. The molecular formula is C16H14F7N3O4S. The molecule has 0 unspecified atom stereocenters. The Labute approximate surface area is 174 Å². The molecule has 1 aliphatic carbocycles. The van der Waals surface area contributed by atoms with Crippen molar-refractivity contribution >= 4 is 15.7 Å². The minimum Gasteiger partial charge on any atom is -0.479 e. The number of sulfonamides is 1. The Morgan fingerprint density at radius 2 is 2.00 bits per heavy atom. The van der Waals surface area contributed by atoms with Gasteiger partial charge in [0, 0.05) is 24.4 Å². The Hall–Kier alpha value is -2.55. The summed E-state index contributed by atoms with van der Waals surface area (Å²) in [5.74, 6) is -3.46. The van der Waals surface area contributed by atoms with Crippen LogP contribution >= 0.6 is 0 Å². The molecule has 2 aromatic rings. The second-order valence-corrected chi connectivity index (χ2v) is 8.34. The molecule has 1 atom stereocenters. The number of rotatable bonds is 4. The summed E-state index contributed by atoms with van der Waals surface area (Å²) < 4.78 is 145. The van der Waals surface area contributed by atoms with E-state index in [9.17, 15) is 44.3 Å². The quantitative estimate of drug-likeness (QED) is 0.584. The average molecular weight is 480 g/mol. The van der Waals surface area contributed by atoms with Crippen LogP contribution in [0.5, 0.6) is 5.88 Å². The Balaban J connectivity index is 2.02. The molecule has 31 heavy (non-hydrogen) atoms. The van der Waals surface area contributed by atoms with E-state index >= 15 is 0 Å². The number of hydrogen-bond acceptors (Lipinski definition) is 5. The number of aromatic nitrogens is 2. The van der Waals surface area contributed by atoms with Gasteiger partial charge in [-0.1, -0.05) is 0 Å². The first-order valence-electron chi connectivity index (χ1n) is 9.71. The fraction of sp³-hybridized carbons (Fsp3) is 0.438. The number of H-pyrrole nitrogens is 1. The van der Waals surface area contributed by atoms with Crippen LogP contribution in [0.1, 0.15) is 27.5 Å². The summed E-state index contributed by atoms with van der Waals surface area (Å²) in [6, 6.07) is 0.00987. The van der Waals surface area contributed by atoms with Crippen molar-refractivity contribution in [3.63, 3.8) is 0 Å². The van der Waals surface area contributed by atoms with Gasteiger partial charge in [-0.25, -0.2) is 17.8 Å². The van der Waals surface area contributed by atoms with Crippen molar-refractivity contribution in [2.24, 2.45) is 0 Å². The Kier molecular flexibility index (Phi) is 4.48. The minimum absolute atomic E-state index is 0.00987. The molecule has 15 heteroatoms. The number of methoxy groups -OCH3 is 1. The molecule has 2 aromatic heterocycles. The maximum absolute atomic E-state index is 14.0. The fourth-order valence-electron chi connectivity index (χ4n) is 3.12. The van der Waals surface area contributed by atoms with E-state index in [0.717, 1.165) is 6.20 Å². The smallest absolute Gasteiger partial charge is 0.436 e. The molecule has 2 heterocycles. The number of aliphatic hydroxyl groups is 1. The summed E-state index contributed by atoms with van der Waals surface area (Å²) in [6.07, 6.45) is -12.0. The van der Waals surface area contributed by atoms with Gasteiger partial charge in [-0.2, -0.15) is 26.3 Å². The Morgan fingerprint density at radius 3 is 2.58 bits per heavy atom. The lowest BCUT2D eigenvalue weighted by molar-refractivity contribution is -0.263. The molecular weight excluding hydrogens is 463 g/mol. The number of nitrogens with zero attached hydrogens (tertiary/aromatic N) is 1. The van der Waals surface area contributed by atoms with Gasteiger partial charge in [0.2, 0.25) is 5.88 Å². The van der Waals surface area contributed by atoms with E-state index in [4.69, 9.17) is 4.11 Å². The second-order valence-electron chi connectivity index (χ2n) is 6.69. The van der Waals surface area contributed by atoms with E-state index in [-0.39, 0.29) is 17.3 Å². The predicted octanol–water partition coefficient (Wildman–Crippen LogP) is 3.16. The number of fused-ring (bicyclic) bond motifs is 1. The lowest BCUT2D eigenvalue weighted by Gasteiger charge is -2.33. The highest BCUT2D eigenvalue weighted by Crippen LogP contribution is 2.42. The zero-order valence-electron chi connectivity index (χ0n) is 17.9. The van der Waals surface area contributed by atoms with E-state index in [1.54, 1.807) is 4.72 Å². The molecule has 0 saturated carbocycles. The van der Waals surface area contributed by atoms with Gasteiger partial charge in [-0.05, 0) is 18.4 Å². The maximum atomic E-state index is 14.0. The van der Waals surface area contributed by atoms with E-state index in [1.807, 2.05) is 0 Å². The third-order valence-electron chi connectivity index (χ3n) is 4.66. The number of ether oxygens (including phenoxy) is 1. The summed E-state index contributed by atoms with van der Waals surface area (Å²) in [5, 5.41) is 9.85. The molecule has 0 bridgehead atoms. The summed E-state index contributed by atoms with van der Waals surface area (Å²) in [4.78, 5) is 4.41. The average Bonchev–Trinajstić information content (AvgIpc) is 3.04. The lowest BCUT2D eigenvalue weighted by atomic mass is 9.83. The van der Waals surface area contributed by atoms with Gasteiger partial charge in [-0.15, -0.1) is 0 Å². The lowest BCUT2D eigenvalue weighted by Crippen LogP contribution is -2.49. The molecule has 7 nitrogen and oxygen atoms in total. The minimum atomic E-state index is -5.37. The van der Waals surface area contributed by atoms with Gasteiger partial charge in [0.25, 0.3) is 10.0 Å². The third-order valence-corrected chi connectivity index (χ3v) is 6.10. The van der Waals surface area contributed by atoms with Crippen LogP contribution in [-0.4, -0.2) is 42.3 Å². The number of nitrogens with one attached hydrogen (secondary N) is 2. The molecule has 0 aliphatic heterocycles. The predicted molar refractivity (Wildman–Crippen MR) is 90.4 cm³/mol. The highest BCUT2D eigenvalue weighted by atomic mass is 32.2. The summed E-state index contributed by atoms with van der Waals surface area (Å²) >= 11 is 0. The first kappa shape index (κ1) is 19.2. The van der Waals surface area contributed by atoms with Crippen molar-refractivity contribution in [2.45, 2.75) is 42.1 Å². The largest absolute Gasteiger partial charge is 0.479 e. The highest BCUT2D eigenvalue weighted by molar-refractivity contribution is 7.92. The topological polar surface area (TPSA) is 104 Å². The van der Waals surface area contributed by atoms with Crippen molar-refractivity contribution in [1.82, 2.24) is 9.97 Å². The molecule has 1 aliphatic rings. The van der Waals surface area contributed by atoms with Gasteiger partial charge in [-0.3, -0.25) is 4.72 Å². The van der Waals surface area contributed by atoms with E-state index in [1.165, 1.54) is 0 Å². The van der Waals surface area contributed by atoms with E-state index in [2.05, 4.69) is 14.7 Å². The standard InChI is InChI=1S/C16H14F7N3O4S/c1-30-13-9(4-8(17)12(25-13)15(18,19)20)26-31(28,29)11-6-24-10-5-14(27,16(21,22)23)3-2-7(10)11/h4,6,24,26-27H,2-3,5H2,1H3/t14-/m1/s1/i1D3. The van der Waals surface area contributed by atoms with Gasteiger partial charge >= 0.3 is 12.4 Å². The van der Waals surface area contributed by atoms with Gasteiger partial charge < -0.3 is 14.8 Å². The van der Waals surface area contributed by atoms with Crippen molar-refractivity contribution in [2.75, 3.05) is 11.8 Å². The monoisotopic (exact) mass is 480 g/mol. The molecule has 3 rings (SSSR count). The second kappa shape index (κ2) is 7.25. The zero-order valence-corrected chi connectivity index (χ0v) is 15.8. The first-order valence-corrected chi connectivity index (χ1v) is 9.70. The van der Waals surface area contributed by atoms with Crippen LogP contribution in [-0.2, 0) is 29.0 Å². The molecule has 0 spiro atoms. The molecule has 0 amide bonds. The molecule has 0 aromatic carbocycles. The SMILES string of the molecule is [2H]C([2H])([2H])Oc1nc(C(F)(F)F)c(F)cc1NS(=O)(=O)c1c[nH]c2c1CC[C@](O)(C(F)(F)F)C2. The van der Waals surface area contributed by atoms with E-state index in [0.29, 0.717) is 0 Å². The van der Waals surface area contributed by atoms with Crippen LogP contribution in [0.2, 0.25) is 0 Å². The van der Waals surface area contributed by atoms with Crippen LogP contribution in [0.15, 0.2) is 17.2 Å². The summed E-state index contributed by atoms with van der Waals surface area (Å²) in [6.45, 7) is 0. The first-order chi connectivity index (χ1) is 15.2. The number of aromatic amines is 1. The number of halogens is 7. The van der Waals surface area contributed by atoms with Gasteiger partial charge in [0.05, 0.1) is 11.2 Å². The van der Waals surface area contributed by atoms with Crippen molar-refractivity contribution in [3.05, 3.63) is 35.0 Å². The summed E-state index contributed by atoms with van der Waals surface area (Å²) in [5.41, 5.74) is -6.79. The highest BCUT2D eigenvalue weighted by Gasteiger charge is 2.55. The number of pyridine rings is 1. The number of hydrogen-bond donors (Lipinski definition) is 3. The Morgan fingerprint density at radius 1 is 1.32 bits per heavy atom. The van der Waals surface area contributed by atoms with Crippen molar-refractivity contribution < 1.29 is 53.1 Å². The van der Waals surface area contributed by atoms with Crippen LogP contribution in [0.25, 0.3) is 0 Å². The van der Waals surface area contributed by atoms with E-state index < -0.39 is 82.3 Å². The fourth-order valence-corrected chi connectivity index (χ4v) is 4.43. The normalized spacial score (nSPS) is 21.6.